The molecule has 0 saturated heterocycles. The van der Waals surface area contributed by atoms with Crippen molar-refractivity contribution in [2.45, 2.75) is 19.9 Å². The lowest BCUT2D eigenvalue weighted by Gasteiger charge is -2.08. The molecule has 0 saturated carbocycles. The number of pyridine rings is 1. The number of anilines is 1. The van der Waals surface area contributed by atoms with Crippen LogP contribution >= 0.6 is 12.2 Å². The molecule has 2 aromatic heterocycles. The first-order chi connectivity index (χ1) is 11.6. The van der Waals surface area contributed by atoms with Gasteiger partial charge in [-0.15, -0.1) is 0 Å². The van der Waals surface area contributed by atoms with E-state index in [9.17, 15) is 4.79 Å². The molecule has 6 nitrogen and oxygen atoms in total. The first-order valence-electron chi connectivity index (χ1n) is 7.55. The molecule has 0 radical (unpaired) electrons. The average Bonchev–Trinajstić information content (AvgIpc) is 2.95. The third-order valence-electron chi connectivity index (χ3n) is 3.59. The van der Waals surface area contributed by atoms with E-state index < -0.39 is 0 Å². The minimum atomic E-state index is -0.0841. The molecular formula is C17H17N5OS. The standard InChI is InChI=1S/C17H17N5OS/c1-12-2-4-13(5-3-12)16-20-21-17(24)22(16)11-8-15(23)19-14-6-9-18-10-7-14/h2-7,9-10H,8,11H2,1H3,(H,21,24)(H,18,19,23). The van der Waals surface area contributed by atoms with Crippen molar-refractivity contribution < 1.29 is 4.79 Å². The fraction of sp³-hybridized carbons (Fsp3) is 0.176. The summed E-state index contributed by atoms with van der Waals surface area (Å²) in [6.07, 6.45) is 3.57. The van der Waals surface area contributed by atoms with E-state index in [1.54, 1.807) is 24.5 Å². The zero-order valence-corrected chi connectivity index (χ0v) is 14.0. The fourth-order valence-electron chi connectivity index (χ4n) is 2.32. The second-order valence-electron chi connectivity index (χ2n) is 5.40. The van der Waals surface area contributed by atoms with Gasteiger partial charge in [-0.1, -0.05) is 29.8 Å². The van der Waals surface area contributed by atoms with Gasteiger partial charge in [0, 0.05) is 36.6 Å². The molecule has 3 aromatic rings. The number of aromatic nitrogens is 4. The van der Waals surface area contributed by atoms with Gasteiger partial charge in [0.1, 0.15) is 0 Å². The third kappa shape index (κ3) is 3.75. The van der Waals surface area contributed by atoms with E-state index in [1.807, 2.05) is 35.8 Å². The topological polar surface area (TPSA) is 75.6 Å². The van der Waals surface area contributed by atoms with Crippen LogP contribution in [0.2, 0.25) is 0 Å². The highest BCUT2D eigenvalue weighted by Crippen LogP contribution is 2.18. The Labute approximate surface area is 144 Å². The second kappa shape index (κ2) is 7.18. The predicted molar refractivity (Wildman–Crippen MR) is 95.1 cm³/mol. The number of carbonyl (C=O) groups excluding carboxylic acids is 1. The monoisotopic (exact) mass is 339 g/mol. The van der Waals surface area contributed by atoms with Crippen molar-refractivity contribution in [3.8, 4) is 11.4 Å². The summed E-state index contributed by atoms with van der Waals surface area (Å²) in [6, 6.07) is 11.5. The molecule has 1 amide bonds. The normalized spacial score (nSPS) is 10.5. The van der Waals surface area contributed by atoms with Gasteiger partial charge in [0.15, 0.2) is 10.6 Å². The number of H-pyrrole nitrogens is 1. The van der Waals surface area contributed by atoms with Gasteiger partial charge in [-0.25, -0.2) is 0 Å². The number of aromatic amines is 1. The molecule has 24 heavy (non-hydrogen) atoms. The van der Waals surface area contributed by atoms with E-state index in [-0.39, 0.29) is 5.91 Å². The number of carbonyl (C=O) groups is 1. The Morgan fingerprint density at radius 2 is 1.92 bits per heavy atom. The maximum Gasteiger partial charge on any atom is 0.226 e. The van der Waals surface area contributed by atoms with Crippen LogP contribution in [0.4, 0.5) is 5.69 Å². The zero-order chi connectivity index (χ0) is 16.9. The highest BCUT2D eigenvalue weighted by atomic mass is 32.1. The van der Waals surface area contributed by atoms with Gasteiger partial charge in [0.05, 0.1) is 0 Å². The van der Waals surface area contributed by atoms with E-state index in [2.05, 4.69) is 20.5 Å². The van der Waals surface area contributed by atoms with Crippen LogP contribution in [0.25, 0.3) is 11.4 Å². The molecule has 0 spiro atoms. The summed E-state index contributed by atoms with van der Waals surface area (Å²) in [4.78, 5) is 16.0. The first kappa shape index (κ1) is 16.1. The first-order valence-corrected chi connectivity index (χ1v) is 7.96. The smallest absolute Gasteiger partial charge is 0.226 e. The van der Waals surface area contributed by atoms with Crippen molar-refractivity contribution in [3.05, 3.63) is 59.1 Å². The molecule has 0 atom stereocenters. The molecule has 3 rings (SSSR count). The number of rotatable bonds is 5. The van der Waals surface area contributed by atoms with Gasteiger partial charge in [-0.2, -0.15) is 5.10 Å². The molecule has 2 heterocycles. The molecule has 0 fully saturated rings. The summed E-state index contributed by atoms with van der Waals surface area (Å²) in [5.41, 5.74) is 2.86. The number of benzene rings is 1. The number of amides is 1. The highest BCUT2D eigenvalue weighted by molar-refractivity contribution is 7.71. The quantitative estimate of drug-likeness (QED) is 0.699. The average molecular weight is 339 g/mol. The number of hydrogen-bond acceptors (Lipinski definition) is 4. The van der Waals surface area contributed by atoms with Crippen molar-refractivity contribution >= 4 is 23.8 Å². The van der Waals surface area contributed by atoms with E-state index in [4.69, 9.17) is 12.2 Å². The Hall–Kier alpha value is -2.80. The molecule has 0 unspecified atom stereocenters. The van der Waals surface area contributed by atoms with Crippen LogP contribution in [0.1, 0.15) is 12.0 Å². The zero-order valence-electron chi connectivity index (χ0n) is 13.2. The van der Waals surface area contributed by atoms with Crippen molar-refractivity contribution in [1.82, 2.24) is 19.7 Å². The summed E-state index contributed by atoms with van der Waals surface area (Å²) in [7, 11) is 0. The van der Waals surface area contributed by atoms with Gasteiger partial charge < -0.3 is 5.32 Å². The largest absolute Gasteiger partial charge is 0.326 e. The van der Waals surface area contributed by atoms with Crippen LogP contribution in [0, 0.1) is 11.7 Å². The molecule has 0 aliphatic carbocycles. The van der Waals surface area contributed by atoms with Crippen LogP contribution in [0.15, 0.2) is 48.8 Å². The maximum atomic E-state index is 12.1. The molecule has 0 aliphatic heterocycles. The van der Waals surface area contributed by atoms with Crippen molar-refractivity contribution in [3.63, 3.8) is 0 Å². The lowest BCUT2D eigenvalue weighted by Crippen LogP contribution is -2.15. The molecule has 7 heteroatoms. The van der Waals surface area contributed by atoms with Gasteiger partial charge in [-0.05, 0) is 31.3 Å². The van der Waals surface area contributed by atoms with Gasteiger partial charge >= 0.3 is 0 Å². The fourth-order valence-corrected chi connectivity index (χ4v) is 2.54. The van der Waals surface area contributed by atoms with Crippen molar-refractivity contribution in [2.75, 3.05) is 5.32 Å². The van der Waals surface area contributed by atoms with Crippen LogP contribution in [-0.2, 0) is 11.3 Å². The van der Waals surface area contributed by atoms with Crippen LogP contribution in [-0.4, -0.2) is 25.7 Å². The molecular weight excluding hydrogens is 322 g/mol. The molecule has 122 valence electrons. The molecule has 1 aromatic carbocycles. The minimum Gasteiger partial charge on any atom is -0.326 e. The van der Waals surface area contributed by atoms with Gasteiger partial charge in [0.2, 0.25) is 5.91 Å². The summed E-state index contributed by atoms with van der Waals surface area (Å²) in [5.74, 6) is 0.649. The van der Waals surface area contributed by atoms with Gasteiger partial charge in [-0.3, -0.25) is 19.4 Å². The number of nitrogens with zero attached hydrogens (tertiary/aromatic N) is 3. The predicted octanol–water partition coefficient (Wildman–Crippen LogP) is 3.34. The summed E-state index contributed by atoms with van der Waals surface area (Å²) in [5, 5.41) is 9.92. The van der Waals surface area contributed by atoms with E-state index in [1.165, 1.54) is 5.56 Å². The van der Waals surface area contributed by atoms with E-state index in [0.29, 0.717) is 17.7 Å². The third-order valence-corrected chi connectivity index (χ3v) is 3.91. The maximum absolute atomic E-state index is 12.1. The highest BCUT2D eigenvalue weighted by Gasteiger charge is 2.10. The minimum absolute atomic E-state index is 0.0841. The summed E-state index contributed by atoms with van der Waals surface area (Å²) < 4.78 is 2.34. The Kier molecular flexibility index (Phi) is 4.81. The Bertz CT molecular complexity index is 883. The number of nitrogens with one attached hydrogen (secondary N) is 2. The van der Waals surface area contributed by atoms with E-state index in [0.717, 1.165) is 17.1 Å². The molecule has 2 N–H and O–H groups in total. The van der Waals surface area contributed by atoms with Crippen LogP contribution in [0.3, 0.4) is 0 Å². The summed E-state index contributed by atoms with van der Waals surface area (Å²) >= 11 is 5.29. The van der Waals surface area contributed by atoms with Gasteiger partial charge in [0.25, 0.3) is 0 Å². The Morgan fingerprint density at radius 3 is 2.62 bits per heavy atom. The summed E-state index contributed by atoms with van der Waals surface area (Å²) in [6.45, 7) is 2.49. The molecule has 0 aliphatic rings. The Morgan fingerprint density at radius 1 is 1.21 bits per heavy atom. The number of aryl methyl sites for hydroxylation is 1. The molecule has 0 bridgehead atoms. The second-order valence-corrected chi connectivity index (χ2v) is 5.79. The number of hydrogen-bond donors (Lipinski definition) is 2. The SMILES string of the molecule is Cc1ccc(-c2n[nH]c(=S)n2CCC(=O)Nc2ccncc2)cc1. The van der Waals surface area contributed by atoms with Crippen molar-refractivity contribution in [2.24, 2.45) is 0 Å². The van der Waals surface area contributed by atoms with E-state index >= 15 is 0 Å². The van der Waals surface area contributed by atoms with Crippen molar-refractivity contribution in [1.29, 1.82) is 0 Å². The van der Waals surface area contributed by atoms with Crippen LogP contribution in [0.5, 0.6) is 0 Å². The Balaban J connectivity index is 1.71. The lowest BCUT2D eigenvalue weighted by molar-refractivity contribution is -0.116. The lowest BCUT2D eigenvalue weighted by atomic mass is 10.1. The van der Waals surface area contributed by atoms with Crippen LogP contribution < -0.4 is 5.32 Å².